The topological polar surface area (TPSA) is 67.8 Å². The lowest BCUT2D eigenvalue weighted by molar-refractivity contribution is -0.0318. The van der Waals surface area contributed by atoms with Crippen LogP contribution in [0.1, 0.15) is 11.1 Å². The van der Waals surface area contributed by atoms with Gasteiger partial charge in [-0.3, -0.25) is 4.84 Å². The van der Waals surface area contributed by atoms with Gasteiger partial charge >= 0.3 is 6.16 Å². The fourth-order valence-electron chi connectivity index (χ4n) is 2.34. The van der Waals surface area contributed by atoms with Crippen LogP contribution >= 0.6 is 0 Å². The number of carboxylic acid groups (broad SMARTS) is 1. The van der Waals surface area contributed by atoms with Crippen molar-refractivity contribution >= 4 is 6.16 Å². The van der Waals surface area contributed by atoms with Gasteiger partial charge in [0, 0.05) is 6.08 Å². The Morgan fingerprint density at radius 3 is 2.00 bits per heavy atom. The molecule has 1 heterocycles. The molecule has 0 radical (unpaired) electrons. The van der Waals surface area contributed by atoms with Crippen LogP contribution in [0.4, 0.5) is 4.79 Å². The van der Waals surface area contributed by atoms with Gasteiger partial charge in [-0.25, -0.2) is 10.3 Å². The molecule has 0 bridgehead atoms. The Kier molecular flexibility index (Phi) is 3.33. The minimum atomic E-state index is -1.39. The molecule has 3 rings (SSSR count). The number of carbonyl (C=O) groups is 1. The molecule has 0 saturated carbocycles. The fourth-order valence-corrected chi connectivity index (χ4v) is 2.34. The van der Waals surface area contributed by atoms with Crippen molar-refractivity contribution < 1.29 is 19.5 Å². The van der Waals surface area contributed by atoms with E-state index in [0.717, 1.165) is 11.1 Å². The molecule has 2 N–H and O–H groups in total. The molecule has 0 aromatic heterocycles. The molecule has 106 valence electrons. The van der Waals surface area contributed by atoms with Crippen LogP contribution in [-0.4, -0.2) is 11.3 Å². The molecule has 5 nitrogen and oxygen atoms in total. The van der Waals surface area contributed by atoms with Gasteiger partial charge in [0.15, 0.2) is 5.60 Å². The Balaban J connectivity index is 2.10. The third-order valence-electron chi connectivity index (χ3n) is 3.25. The Bertz CT molecular complexity index is 628. The molecule has 2 aromatic carbocycles. The van der Waals surface area contributed by atoms with Gasteiger partial charge in [-0.05, 0) is 11.1 Å². The van der Waals surface area contributed by atoms with Gasteiger partial charge < -0.3 is 9.84 Å². The van der Waals surface area contributed by atoms with Gasteiger partial charge in [0.25, 0.3) is 0 Å². The molecule has 0 spiro atoms. The second kappa shape index (κ2) is 5.30. The second-order valence-electron chi connectivity index (χ2n) is 4.55. The smallest absolute Gasteiger partial charge is 0.449 e. The normalized spacial score (nSPS) is 15.9. The van der Waals surface area contributed by atoms with Crippen LogP contribution in [0.15, 0.2) is 72.6 Å². The summed E-state index contributed by atoms with van der Waals surface area (Å²) in [5, 5.41) is 8.73. The van der Waals surface area contributed by atoms with Gasteiger partial charge in [0.05, 0.1) is 0 Å². The second-order valence-corrected chi connectivity index (χ2v) is 4.55. The zero-order valence-corrected chi connectivity index (χ0v) is 11.0. The summed E-state index contributed by atoms with van der Waals surface area (Å²) in [6, 6.07) is 19.0. The van der Waals surface area contributed by atoms with Crippen LogP contribution in [0.25, 0.3) is 0 Å². The number of hydroxylamine groups is 1. The highest BCUT2D eigenvalue weighted by Gasteiger charge is 2.40. The third-order valence-corrected chi connectivity index (χ3v) is 3.25. The zero-order valence-electron chi connectivity index (χ0n) is 11.0. The first-order chi connectivity index (χ1) is 10.2. The molecular weight excluding hydrogens is 270 g/mol. The molecule has 0 fully saturated rings. The maximum atomic E-state index is 10.7. The van der Waals surface area contributed by atoms with Gasteiger partial charge in [-0.2, -0.15) is 0 Å². The summed E-state index contributed by atoms with van der Waals surface area (Å²) in [4.78, 5) is 16.4. The van der Waals surface area contributed by atoms with Gasteiger partial charge in [-0.15, -0.1) is 0 Å². The highest BCUT2D eigenvalue weighted by molar-refractivity contribution is 5.59. The predicted molar refractivity (Wildman–Crippen MR) is 75.1 cm³/mol. The van der Waals surface area contributed by atoms with Gasteiger partial charge in [0.2, 0.25) is 5.88 Å². The largest absolute Gasteiger partial charge is 0.512 e. The molecule has 1 aliphatic heterocycles. The van der Waals surface area contributed by atoms with Gasteiger partial charge in [0.1, 0.15) is 0 Å². The number of benzene rings is 2. The van der Waals surface area contributed by atoms with E-state index >= 15 is 0 Å². The minimum Gasteiger partial charge on any atom is -0.449 e. The summed E-state index contributed by atoms with van der Waals surface area (Å²) in [5.74, 6) is 0.0511. The predicted octanol–water partition coefficient (Wildman–Crippen LogP) is 3.00. The van der Waals surface area contributed by atoms with Crippen molar-refractivity contribution in [2.75, 3.05) is 0 Å². The molecule has 0 amide bonds. The lowest BCUT2D eigenvalue weighted by atomic mass is 9.86. The summed E-state index contributed by atoms with van der Waals surface area (Å²) >= 11 is 0. The van der Waals surface area contributed by atoms with Crippen molar-refractivity contribution in [1.29, 1.82) is 0 Å². The summed E-state index contributed by atoms with van der Waals surface area (Å²) in [6.45, 7) is 0. The van der Waals surface area contributed by atoms with Crippen molar-refractivity contribution in [1.82, 2.24) is 5.48 Å². The Morgan fingerprint density at radius 2 is 1.52 bits per heavy atom. The first kappa shape index (κ1) is 13.2. The van der Waals surface area contributed by atoms with Crippen LogP contribution < -0.4 is 5.48 Å². The summed E-state index contributed by atoms with van der Waals surface area (Å²) in [5.41, 5.74) is 3.35. The maximum Gasteiger partial charge on any atom is 0.512 e. The number of ether oxygens (including phenoxy) is 1. The Morgan fingerprint density at radius 1 is 1.00 bits per heavy atom. The van der Waals surface area contributed by atoms with Crippen LogP contribution in [0.3, 0.4) is 0 Å². The summed E-state index contributed by atoms with van der Waals surface area (Å²) < 4.78 is 4.65. The van der Waals surface area contributed by atoms with Crippen molar-refractivity contribution in [3.8, 4) is 0 Å². The lowest BCUT2D eigenvalue weighted by Crippen LogP contribution is -2.28. The van der Waals surface area contributed by atoms with Gasteiger partial charge in [-0.1, -0.05) is 60.7 Å². The monoisotopic (exact) mass is 283 g/mol. The molecule has 21 heavy (non-hydrogen) atoms. The fraction of sp³-hybridized carbons (Fsp3) is 0.0625. The molecule has 1 aliphatic rings. The average Bonchev–Trinajstić information content (AvgIpc) is 2.93. The van der Waals surface area contributed by atoms with E-state index in [2.05, 4.69) is 10.2 Å². The number of hydrogen-bond donors (Lipinski definition) is 2. The zero-order chi connectivity index (χ0) is 14.7. The van der Waals surface area contributed by atoms with E-state index in [1.807, 2.05) is 60.7 Å². The molecule has 0 unspecified atom stereocenters. The molecule has 5 heteroatoms. The third kappa shape index (κ3) is 2.46. The highest BCUT2D eigenvalue weighted by Crippen LogP contribution is 2.38. The van der Waals surface area contributed by atoms with E-state index < -0.39 is 11.8 Å². The Hall–Kier alpha value is -2.79. The van der Waals surface area contributed by atoms with Crippen LogP contribution in [0, 0.1) is 0 Å². The Labute approximate surface area is 121 Å². The first-order valence-corrected chi connectivity index (χ1v) is 6.39. The van der Waals surface area contributed by atoms with Crippen LogP contribution in [0.5, 0.6) is 0 Å². The molecular formula is C16H13NO4. The SMILES string of the molecule is O=C(O)OC1=CC(c2ccccc2)(c2ccccc2)ON1. The average molecular weight is 283 g/mol. The van der Waals surface area contributed by atoms with E-state index in [1.54, 1.807) is 6.08 Å². The van der Waals surface area contributed by atoms with Crippen LogP contribution in [0.2, 0.25) is 0 Å². The van der Waals surface area contributed by atoms with E-state index in [4.69, 9.17) is 9.94 Å². The minimum absolute atomic E-state index is 0.0511. The van der Waals surface area contributed by atoms with Crippen molar-refractivity contribution in [3.05, 3.63) is 83.7 Å². The van der Waals surface area contributed by atoms with E-state index in [1.165, 1.54) is 0 Å². The number of hydrogen-bond acceptors (Lipinski definition) is 4. The standard InChI is InChI=1S/C16H13NO4/c18-15(19)20-14-11-16(21-17-14,12-7-3-1-4-8-12)13-9-5-2-6-10-13/h1-11,17H,(H,18,19). The molecule has 2 aromatic rings. The lowest BCUT2D eigenvalue weighted by Gasteiger charge is -2.26. The van der Waals surface area contributed by atoms with E-state index in [9.17, 15) is 4.79 Å². The molecule has 0 aliphatic carbocycles. The van der Waals surface area contributed by atoms with Crippen molar-refractivity contribution in [3.63, 3.8) is 0 Å². The number of nitrogens with one attached hydrogen (secondary N) is 1. The van der Waals surface area contributed by atoms with Crippen molar-refractivity contribution in [2.24, 2.45) is 0 Å². The van der Waals surface area contributed by atoms with E-state index in [-0.39, 0.29) is 5.88 Å². The summed E-state index contributed by atoms with van der Waals surface area (Å²) in [7, 11) is 0. The summed E-state index contributed by atoms with van der Waals surface area (Å²) in [6.07, 6.45) is 0.223. The molecule has 0 atom stereocenters. The van der Waals surface area contributed by atoms with E-state index in [0.29, 0.717) is 0 Å². The number of rotatable bonds is 3. The first-order valence-electron chi connectivity index (χ1n) is 6.39. The quantitative estimate of drug-likeness (QED) is 0.848. The van der Waals surface area contributed by atoms with Crippen molar-refractivity contribution in [2.45, 2.75) is 5.60 Å². The highest BCUT2D eigenvalue weighted by atomic mass is 16.7. The van der Waals surface area contributed by atoms with Crippen LogP contribution in [-0.2, 0) is 15.2 Å². The maximum absolute atomic E-state index is 10.7. The molecule has 0 saturated heterocycles.